The van der Waals surface area contributed by atoms with Crippen LogP contribution in [0.15, 0.2) is 36.8 Å². The van der Waals surface area contributed by atoms with Gasteiger partial charge in [0.05, 0.1) is 29.8 Å². The molecule has 2 saturated heterocycles. The van der Waals surface area contributed by atoms with Gasteiger partial charge < -0.3 is 5.32 Å². The molecule has 0 spiro atoms. The predicted molar refractivity (Wildman–Crippen MR) is 97.7 cm³/mol. The van der Waals surface area contributed by atoms with Crippen LogP contribution in [0.3, 0.4) is 0 Å². The van der Waals surface area contributed by atoms with E-state index in [9.17, 15) is 4.79 Å². The molecule has 2 aromatic heterocycles. The normalized spacial score (nSPS) is 21.2. The Morgan fingerprint density at radius 1 is 1.08 bits per heavy atom. The Labute approximate surface area is 150 Å². The lowest BCUT2D eigenvalue weighted by Gasteiger charge is -2.42. The highest BCUT2D eigenvalue weighted by molar-refractivity contribution is 5.97. The van der Waals surface area contributed by atoms with Crippen LogP contribution in [0.4, 0.5) is 5.82 Å². The van der Waals surface area contributed by atoms with E-state index in [0.29, 0.717) is 18.9 Å². The van der Waals surface area contributed by atoms with Crippen molar-refractivity contribution < 1.29 is 4.79 Å². The molecule has 0 aliphatic carbocycles. The maximum Gasteiger partial charge on any atom is 0.246 e. The predicted octanol–water partition coefficient (Wildman–Crippen LogP) is 0.640. The van der Waals surface area contributed by atoms with Crippen molar-refractivity contribution >= 4 is 22.6 Å². The number of carbonyl (C=O) groups excluding carboxylic acids is 1. The molecule has 4 heterocycles. The third-order valence-electron chi connectivity index (χ3n) is 5.18. The van der Waals surface area contributed by atoms with Crippen molar-refractivity contribution in [3.05, 3.63) is 36.8 Å². The number of piperazine rings is 2. The molecule has 0 saturated carbocycles. The fourth-order valence-electron chi connectivity index (χ4n) is 3.79. The molecule has 8 heteroatoms. The number of hydrogen-bond donors (Lipinski definition) is 2. The van der Waals surface area contributed by atoms with Gasteiger partial charge in [-0.1, -0.05) is 18.2 Å². The number of anilines is 1. The van der Waals surface area contributed by atoms with Crippen LogP contribution in [0, 0.1) is 0 Å². The van der Waals surface area contributed by atoms with Gasteiger partial charge in [-0.25, -0.2) is 4.98 Å². The summed E-state index contributed by atoms with van der Waals surface area (Å²) in [6.45, 7) is 4.08. The van der Waals surface area contributed by atoms with Crippen molar-refractivity contribution in [1.82, 2.24) is 30.4 Å². The topological polar surface area (TPSA) is 90.0 Å². The Balaban J connectivity index is 1.43. The molecule has 132 valence electrons. The number of nitrogens with zero attached hydrogens (tertiary/aromatic N) is 5. The largest absolute Gasteiger partial charge is 0.313 e. The number of aromatic nitrogens is 4. The summed E-state index contributed by atoms with van der Waals surface area (Å²) in [5.41, 5.74) is 2.65. The molecule has 2 aliphatic heterocycles. The highest BCUT2D eigenvalue weighted by Gasteiger charge is 2.37. The number of H-pyrrole nitrogens is 1. The number of hydrogen-bond acceptors (Lipinski definition) is 6. The summed E-state index contributed by atoms with van der Waals surface area (Å²) >= 11 is 0. The first kappa shape index (κ1) is 15.4. The maximum atomic E-state index is 12.8. The molecule has 1 amide bonds. The standard InChI is InChI=1S/C18H19N7O/c26-18-15-10-19-4-5-24(15)6-7-25(18)16-11-20-14(9-21-16)13-3-1-2-12-8-22-23-17(12)13/h1-3,8-9,11,15,19H,4-7,10H2,(H,22,23)/t15-/m1/s1. The van der Waals surface area contributed by atoms with Crippen molar-refractivity contribution in [3.63, 3.8) is 0 Å². The Kier molecular flexibility index (Phi) is 3.65. The zero-order chi connectivity index (χ0) is 17.5. The van der Waals surface area contributed by atoms with E-state index in [1.54, 1.807) is 23.5 Å². The minimum atomic E-state index is -0.0993. The summed E-state index contributed by atoms with van der Waals surface area (Å²) in [4.78, 5) is 25.9. The van der Waals surface area contributed by atoms with Gasteiger partial charge in [0.2, 0.25) is 5.91 Å². The van der Waals surface area contributed by atoms with Gasteiger partial charge in [0.1, 0.15) is 6.04 Å². The minimum absolute atomic E-state index is 0.0983. The molecule has 0 bridgehead atoms. The molecule has 2 aliphatic rings. The van der Waals surface area contributed by atoms with E-state index in [2.05, 4.69) is 30.4 Å². The van der Waals surface area contributed by atoms with E-state index < -0.39 is 0 Å². The fraction of sp³-hybridized carbons (Fsp3) is 0.333. The van der Waals surface area contributed by atoms with E-state index >= 15 is 0 Å². The van der Waals surface area contributed by atoms with E-state index in [0.717, 1.165) is 41.8 Å². The van der Waals surface area contributed by atoms with Crippen LogP contribution in [-0.2, 0) is 4.79 Å². The van der Waals surface area contributed by atoms with Crippen LogP contribution in [0.1, 0.15) is 0 Å². The summed E-state index contributed by atoms with van der Waals surface area (Å²) in [5.74, 6) is 0.710. The van der Waals surface area contributed by atoms with E-state index in [-0.39, 0.29) is 11.9 Å². The Hall–Kier alpha value is -2.84. The third-order valence-corrected chi connectivity index (χ3v) is 5.18. The smallest absolute Gasteiger partial charge is 0.246 e. The van der Waals surface area contributed by atoms with Crippen LogP contribution < -0.4 is 10.2 Å². The lowest BCUT2D eigenvalue weighted by Crippen LogP contribution is -2.64. The number of para-hydroxylation sites is 1. The van der Waals surface area contributed by atoms with Gasteiger partial charge in [-0.15, -0.1) is 0 Å². The van der Waals surface area contributed by atoms with Crippen molar-refractivity contribution in [2.75, 3.05) is 37.6 Å². The summed E-state index contributed by atoms with van der Waals surface area (Å²) in [6, 6.07) is 5.86. The molecule has 8 nitrogen and oxygen atoms in total. The van der Waals surface area contributed by atoms with Gasteiger partial charge in [-0.05, 0) is 0 Å². The van der Waals surface area contributed by atoms with E-state index in [1.165, 1.54) is 0 Å². The van der Waals surface area contributed by atoms with Crippen molar-refractivity contribution in [2.45, 2.75) is 6.04 Å². The first-order chi connectivity index (χ1) is 12.8. The monoisotopic (exact) mass is 349 g/mol. The third kappa shape index (κ3) is 2.46. The first-order valence-electron chi connectivity index (χ1n) is 8.82. The number of amides is 1. The van der Waals surface area contributed by atoms with Crippen molar-refractivity contribution in [2.24, 2.45) is 0 Å². The molecule has 26 heavy (non-hydrogen) atoms. The van der Waals surface area contributed by atoms with Gasteiger partial charge in [0, 0.05) is 43.7 Å². The lowest BCUT2D eigenvalue weighted by molar-refractivity contribution is -0.126. The van der Waals surface area contributed by atoms with Gasteiger partial charge in [0.15, 0.2) is 5.82 Å². The fourth-order valence-corrected chi connectivity index (χ4v) is 3.79. The number of fused-ring (bicyclic) bond motifs is 2. The average Bonchev–Trinajstić information content (AvgIpc) is 3.18. The van der Waals surface area contributed by atoms with Crippen LogP contribution in [0.25, 0.3) is 22.2 Å². The molecular weight excluding hydrogens is 330 g/mol. The molecule has 2 N–H and O–H groups in total. The molecule has 1 aromatic carbocycles. The number of carbonyl (C=O) groups is 1. The van der Waals surface area contributed by atoms with Crippen LogP contribution in [0.5, 0.6) is 0 Å². The second-order valence-corrected chi connectivity index (χ2v) is 6.65. The second-order valence-electron chi connectivity index (χ2n) is 6.65. The summed E-state index contributed by atoms with van der Waals surface area (Å²) in [5, 5.41) is 11.4. The van der Waals surface area contributed by atoms with Crippen molar-refractivity contribution in [1.29, 1.82) is 0 Å². The Morgan fingerprint density at radius 2 is 2.04 bits per heavy atom. The molecule has 2 fully saturated rings. The molecule has 0 unspecified atom stereocenters. The van der Waals surface area contributed by atoms with E-state index in [1.807, 2.05) is 18.2 Å². The van der Waals surface area contributed by atoms with E-state index in [4.69, 9.17) is 0 Å². The summed E-state index contributed by atoms with van der Waals surface area (Å²) in [7, 11) is 0. The molecule has 0 radical (unpaired) electrons. The molecule has 5 rings (SSSR count). The molecule has 1 atom stereocenters. The zero-order valence-electron chi connectivity index (χ0n) is 14.2. The average molecular weight is 349 g/mol. The van der Waals surface area contributed by atoms with Crippen molar-refractivity contribution in [3.8, 4) is 11.3 Å². The summed E-state index contributed by atoms with van der Waals surface area (Å²) < 4.78 is 0. The molecule has 3 aromatic rings. The first-order valence-corrected chi connectivity index (χ1v) is 8.82. The highest BCUT2D eigenvalue weighted by Crippen LogP contribution is 2.26. The highest BCUT2D eigenvalue weighted by atomic mass is 16.2. The SMILES string of the molecule is O=C1[C@H]2CNCCN2CCN1c1cnc(-c2cccc3cn[nH]c23)cn1. The summed E-state index contributed by atoms with van der Waals surface area (Å²) in [6.07, 6.45) is 5.20. The zero-order valence-corrected chi connectivity index (χ0v) is 14.2. The van der Waals surface area contributed by atoms with Gasteiger partial charge in [0.25, 0.3) is 0 Å². The van der Waals surface area contributed by atoms with Gasteiger partial charge >= 0.3 is 0 Å². The maximum absolute atomic E-state index is 12.8. The van der Waals surface area contributed by atoms with Gasteiger partial charge in [-0.3, -0.25) is 24.7 Å². The Morgan fingerprint density at radius 3 is 2.92 bits per heavy atom. The van der Waals surface area contributed by atoms with Crippen LogP contribution >= 0.6 is 0 Å². The molecular formula is C18H19N7O. The number of aromatic amines is 1. The number of rotatable bonds is 2. The second kappa shape index (κ2) is 6.15. The Bertz CT molecular complexity index is 952. The number of benzene rings is 1. The quantitative estimate of drug-likeness (QED) is 0.706. The van der Waals surface area contributed by atoms with Crippen LogP contribution in [0.2, 0.25) is 0 Å². The minimum Gasteiger partial charge on any atom is -0.313 e. The van der Waals surface area contributed by atoms with Crippen LogP contribution in [-0.4, -0.2) is 69.7 Å². The number of nitrogens with one attached hydrogen (secondary N) is 2. The van der Waals surface area contributed by atoms with Gasteiger partial charge in [-0.2, -0.15) is 5.10 Å². The lowest BCUT2D eigenvalue weighted by atomic mass is 10.1.